The molecule has 0 radical (unpaired) electrons. The van der Waals surface area contributed by atoms with E-state index in [1.807, 2.05) is 19.1 Å². The largest absolute Gasteiger partial charge is 0.493 e. The molecule has 0 fully saturated rings. The third-order valence-electron chi connectivity index (χ3n) is 5.99. The summed E-state index contributed by atoms with van der Waals surface area (Å²) in [5, 5.41) is 5.22. The molecule has 5 nitrogen and oxygen atoms in total. The van der Waals surface area contributed by atoms with Crippen LogP contribution in [0.4, 0.5) is 0 Å². The number of ether oxygens (including phenoxy) is 2. The van der Waals surface area contributed by atoms with Crippen molar-refractivity contribution in [2.45, 2.75) is 85.1 Å². The highest BCUT2D eigenvalue weighted by Gasteiger charge is 2.14. The fraction of sp³-hybridized carbons (Fsp3) is 0.571. The number of thiophene rings is 1. The zero-order valence-corrected chi connectivity index (χ0v) is 22.1. The van der Waals surface area contributed by atoms with E-state index in [2.05, 4.69) is 36.7 Å². The summed E-state index contributed by atoms with van der Waals surface area (Å²) < 4.78 is 10.9. The topological polar surface area (TPSA) is 64.6 Å². The molecule has 0 spiro atoms. The summed E-state index contributed by atoms with van der Waals surface area (Å²) in [6.07, 6.45) is 8.74. The van der Waals surface area contributed by atoms with Crippen molar-refractivity contribution in [3.8, 4) is 16.9 Å². The number of carbonyl (C=O) groups is 2. The quantitative estimate of drug-likeness (QED) is 0.206. The van der Waals surface area contributed by atoms with Gasteiger partial charge in [0.1, 0.15) is 5.75 Å². The number of hydrogen-bond donors (Lipinski definition) is 1. The molecule has 1 unspecified atom stereocenters. The lowest BCUT2D eigenvalue weighted by Crippen LogP contribution is -2.28. The maximum atomic E-state index is 12.5. The van der Waals surface area contributed by atoms with Crippen LogP contribution in [0.5, 0.6) is 5.75 Å². The molecular weight excluding hydrogens is 446 g/mol. The van der Waals surface area contributed by atoms with Crippen molar-refractivity contribution < 1.29 is 19.1 Å². The van der Waals surface area contributed by atoms with Gasteiger partial charge in [0, 0.05) is 22.8 Å². The SMILES string of the molecule is CCCCCCC(C)C(=O)NCc1cc(-c2ccc(CCC(=O)OC)cc2OCCCC)cs1. The summed E-state index contributed by atoms with van der Waals surface area (Å²) in [7, 11) is 1.41. The molecule has 34 heavy (non-hydrogen) atoms. The van der Waals surface area contributed by atoms with Gasteiger partial charge in [0.25, 0.3) is 0 Å². The van der Waals surface area contributed by atoms with Gasteiger partial charge in [0.15, 0.2) is 0 Å². The molecule has 0 aliphatic rings. The second-order valence-electron chi connectivity index (χ2n) is 8.88. The molecule has 1 heterocycles. The van der Waals surface area contributed by atoms with Crippen molar-refractivity contribution in [3.05, 3.63) is 40.1 Å². The number of nitrogens with one attached hydrogen (secondary N) is 1. The van der Waals surface area contributed by atoms with Crippen LogP contribution in [0.25, 0.3) is 11.1 Å². The van der Waals surface area contributed by atoms with Gasteiger partial charge in [-0.1, -0.05) is 65.0 Å². The summed E-state index contributed by atoms with van der Waals surface area (Å²) >= 11 is 1.65. The monoisotopic (exact) mass is 487 g/mol. The Labute approximate surface area is 209 Å². The lowest BCUT2D eigenvalue weighted by molar-refractivity contribution is -0.140. The highest BCUT2D eigenvalue weighted by Crippen LogP contribution is 2.34. The Morgan fingerprint density at radius 3 is 2.59 bits per heavy atom. The number of aryl methyl sites for hydroxylation is 1. The van der Waals surface area contributed by atoms with Gasteiger partial charge in [-0.05, 0) is 47.9 Å². The van der Waals surface area contributed by atoms with Gasteiger partial charge >= 0.3 is 5.97 Å². The Kier molecular flexibility index (Phi) is 12.8. The molecule has 188 valence electrons. The van der Waals surface area contributed by atoms with Gasteiger partial charge in [0.2, 0.25) is 5.91 Å². The highest BCUT2D eigenvalue weighted by molar-refractivity contribution is 7.10. The van der Waals surface area contributed by atoms with E-state index in [9.17, 15) is 9.59 Å². The van der Waals surface area contributed by atoms with Crippen LogP contribution >= 0.6 is 11.3 Å². The van der Waals surface area contributed by atoms with Gasteiger partial charge in [-0.15, -0.1) is 11.3 Å². The molecule has 0 saturated carbocycles. The fourth-order valence-electron chi connectivity index (χ4n) is 3.73. The molecule has 1 aromatic heterocycles. The van der Waals surface area contributed by atoms with Crippen LogP contribution in [-0.2, 0) is 27.3 Å². The first kappa shape index (κ1) is 27.9. The van der Waals surface area contributed by atoms with Gasteiger partial charge in [-0.2, -0.15) is 0 Å². The molecule has 2 aromatic rings. The number of carbonyl (C=O) groups excluding carboxylic acids is 2. The number of esters is 1. The van der Waals surface area contributed by atoms with E-state index in [0.717, 1.165) is 53.0 Å². The van der Waals surface area contributed by atoms with Gasteiger partial charge in [0.05, 0.1) is 20.3 Å². The normalized spacial score (nSPS) is 11.8. The van der Waals surface area contributed by atoms with Gasteiger partial charge in [-0.25, -0.2) is 0 Å². The Balaban J connectivity index is 2.02. The predicted molar refractivity (Wildman–Crippen MR) is 140 cm³/mol. The molecule has 1 atom stereocenters. The Hall–Kier alpha value is -2.34. The second-order valence-corrected chi connectivity index (χ2v) is 9.87. The predicted octanol–water partition coefficient (Wildman–Crippen LogP) is 6.92. The Morgan fingerprint density at radius 1 is 1.06 bits per heavy atom. The van der Waals surface area contributed by atoms with Crippen LogP contribution in [0.1, 0.15) is 82.6 Å². The minimum absolute atomic E-state index is 0.0485. The highest BCUT2D eigenvalue weighted by atomic mass is 32.1. The summed E-state index contributed by atoms with van der Waals surface area (Å²) in [6, 6.07) is 8.28. The van der Waals surface area contributed by atoms with Crippen molar-refractivity contribution in [3.63, 3.8) is 0 Å². The summed E-state index contributed by atoms with van der Waals surface area (Å²) in [4.78, 5) is 25.1. The minimum Gasteiger partial charge on any atom is -0.493 e. The van der Waals surface area contributed by atoms with Crippen LogP contribution in [0.2, 0.25) is 0 Å². The number of rotatable bonds is 16. The van der Waals surface area contributed by atoms with E-state index in [1.165, 1.54) is 26.4 Å². The first-order valence-electron chi connectivity index (χ1n) is 12.7. The second kappa shape index (κ2) is 15.5. The first-order chi connectivity index (χ1) is 16.5. The number of benzene rings is 1. The molecule has 0 saturated heterocycles. The molecule has 1 N–H and O–H groups in total. The smallest absolute Gasteiger partial charge is 0.305 e. The third kappa shape index (κ3) is 9.49. The zero-order chi connectivity index (χ0) is 24.8. The van der Waals surface area contributed by atoms with Crippen LogP contribution in [0.15, 0.2) is 29.6 Å². The van der Waals surface area contributed by atoms with Crippen molar-refractivity contribution in [2.75, 3.05) is 13.7 Å². The number of unbranched alkanes of at least 4 members (excludes halogenated alkanes) is 4. The van der Waals surface area contributed by atoms with E-state index < -0.39 is 0 Å². The lowest BCUT2D eigenvalue weighted by Gasteiger charge is -2.13. The van der Waals surface area contributed by atoms with E-state index in [0.29, 0.717) is 26.0 Å². The molecule has 1 aromatic carbocycles. The average Bonchev–Trinajstić information content (AvgIpc) is 3.32. The molecule has 6 heteroatoms. The first-order valence-corrected chi connectivity index (χ1v) is 13.5. The number of methoxy groups -OCH3 is 1. The standard InChI is InChI=1S/C28H41NO4S/c1-5-7-9-10-11-21(3)28(31)29-19-24-18-23(20-34-24)25-14-12-22(13-15-27(30)32-4)17-26(25)33-16-8-6-2/h12,14,17-18,20-21H,5-11,13,15-16,19H2,1-4H3,(H,29,31). The Morgan fingerprint density at radius 2 is 1.85 bits per heavy atom. The van der Waals surface area contributed by atoms with E-state index >= 15 is 0 Å². The molecule has 2 rings (SSSR count). The van der Waals surface area contributed by atoms with Crippen LogP contribution in [-0.4, -0.2) is 25.6 Å². The van der Waals surface area contributed by atoms with Crippen molar-refractivity contribution in [1.82, 2.24) is 5.32 Å². The van der Waals surface area contributed by atoms with Crippen molar-refractivity contribution >= 4 is 23.2 Å². The Bertz CT molecular complexity index is 892. The van der Waals surface area contributed by atoms with E-state index in [1.54, 1.807) is 11.3 Å². The summed E-state index contributed by atoms with van der Waals surface area (Å²) in [6.45, 7) is 7.57. The number of hydrogen-bond acceptors (Lipinski definition) is 5. The summed E-state index contributed by atoms with van der Waals surface area (Å²) in [5.41, 5.74) is 3.18. The summed E-state index contributed by atoms with van der Waals surface area (Å²) in [5.74, 6) is 0.805. The van der Waals surface area contributed by atoms with Gasteiger partial charge < -0.3 is 14.8 Å². The van der Waals surface area contributed by atoms with E-state index in [-0.39, 0.29) is 17.8 Å². The molecular formula is C28H41NO4S. The molecule has 0 aliphatic carbocycles. The average molecular weight is 488 g/mol. The van der Waals surface area contributed by atoms with Crippen molar-refractivity contribution in [1.29, 1.82) is 0 Å². The van der Waals surface area contributed by atoms with Crippen molar-refractivity contribution in [2.24, 2.45) is 5.92 Å². The fourth-order valence-corrected chi connectivity index (χ4v) is 4.55. The third-order valence-corrected chi connectivity index (χ3v) is 6.92. The lowest BCUT2D eigenvalue weighted by atomic mass is 10.0. The van der Waals surface area contributed by atoms with Crippen LogP contribution in [0, 0.1) is 5.92 Å². The van der Waals surface area contributed by atoms with Crippen LogP contribution in [0.3, 0.4) is 0 Å². The maximum Gasteiger partial charge on any atom is 0.305 e. The number of amides is 1. The van der Waals surface area contributed by atoms with Gasteiger partial charge in [-0.3, -0.25) is 9.59 Å². The molecule has 0 bridgehead atoms. The van der Waals surface area contributed by atoms with E-state index in [4.69, 9.17) is 9.47 Å². The maximum absolute atomic E-state index is 12.5. The molecule has 0 aliphatic heterocycles. The zero-order valence-electron chi connectivity index (χ0n) is 21.3. The van der Waals surface area contributed by atoms with Crippen LogP contribution < -0.4 is 10.1 Å². The minimum atomic E-state index is -0.211. The molecule has 1 amide bonds.